The molecule has 94 valence electrons. The summed E-state index contributed by atoms with van der Waals surface area (Å²) in [7, 11) is 0. The molecular formula is C12H14Cl2O3. The number of ketones is 1. The number of aliphatic hydroxyl groups is 1. The van der Waals surface area contributed by atoms with Gasteiger partial charge >= 0.3 is 0 Å². The lowest BCUT2D eigenvalue weighted by atomic mass is 9.90. The second kappa shape index (κ2) is 5.25. The van der Waals surface area contributed by atoms with Crippen LogP contribution in [0.2, 0.25) is 10.0 Å². The SMILES string of the molecule is CC(C)(C)C(=O)C(O)Oc1cc(Cl)ccc1Cl. The Balaban J connectivity index is 2.85. The highest BCUT2D eigenvalue weighted by Gasteiger charge is 2.30. The molecule has 0 saturated carbocycles. The number of hydrogen-bond acceptors (Lipinski definition) is 3. The molecule has 0 bridgehead atoms. The van der Waals surface area contributed by atoms with E-state index in [0.29, 0.717) is 5.02 Å². The van der Waals surface area contributed by atoms with E-state index in [0.717, 1.165) is 0 Å². The Labute approximate surface area is 110 Å². The van der Waals surface area contributed by atoms with Crippen LogP contribution in [0.3, 0.4) is 0 Å². The number of halogens is 2. The van der Waals surface area contributed by atoms with Crippen molar-refractivity contribution in [1.82, 2.24) is 0 Å². The van der Waals surface area contributed by atoms with Crippen LogP contribution in [0.25, 0.3) is 0 Å². The first-order valence-electron chi connectivity index (χ1n) is 5.06. The van der Waals surface area contributed by atoms with Gasteiger partial charge in [0.15, 0.2) is 0 Å². The minimum Gasteiger partial charge on any atom is -0.456 e. The third-order valence-electron chi connectivity index (χ3n) is 2.10. The second-order valence-corrected chi connectivity index (χ2v) is 5.50. The van der Waals surface area contributed by atoms with Crippen molar-refractivity contribution in [3.63, 3.8) is 0 Å². The molecule has 0 aromatic heterocycles. The third-order valence-corrected chi connectivity index (χ3v) is 2.64. The Morgan fingerprint density at radius 2 is 1.94 bits per heavy atom. The zero-order valence-corrected chi connectivity index (χ0v) is 11.3. The van der Waals surface area contributed by atoms with Crippen molar-refractivity contribution in [1.29, 1.82) is 0 Å². The normalized spacial score (nSPS) is 13.3. The smallest absolute Gasteiger partial charge is 0.258 e. The molecule has 1 rings (SSSR count). The summed E-state index contributed by atoms with van der Waals surface area (Å²) >= 11 is 11.6. The Hall–Kier alpha value is -0.770. The van der Waals surface area contributed by atoms with Gasteiger partial charge in [-0.15, -0.1) is 0 Å². The van der Waals surface area contributed by atoms with Gasteiger partial charge in [0.1, 0.15) is 5.75 Å². The lowest BCUT2D eigenvalue weighted by Gasteiger charge is -2.21. The van der Waals surface area contributed by atoms with Crippen LogP contribution in [0.1, 0.15) is 20.8 Å². The monoisotopic (exact) mass is 276 g/mol. The number of ether oxygens (including phenoxy) is 1. The van der Waals surface area contributed by atoms with E-state index in [-0.39, 0.29) is 10.8 Å². The first-order valence-corrected chi connectivity index (χ1v) is 5.81. The van der Waals surface area contributed by atoms with Gasteiger partial charge in [0.25, 0.3) is 6.29 Å². The quantitative estimate of drug-likeness (QED) is 0.862. The molecule has 0 aliphatic rings. The fraction of sp³-hybridized carbons (Fsp3) is 0.417. The maximum atomic E-state index is 11.7. The van der Waals surface area contributed by atoms with Gasteiger partial charge in [-0.2, -0.15) is 0 Å². The van der Waals surface area contributed by atoms with Gasteiger partial charge in [-0.3, -0.25) is 4.79 Å². The highest BCUT2D eigenvalue weighted by Crippen LogP contribution is 2.29. The van der Waals surface area contributed by atoms with Gasteiger partial charge in [-0.1, -0.05) is 44.0 Å². The van der Waals surface area contributed by atoms with Gasteiger partial charge in [0, 0.05) is 16.5 Å². The van der Waals surface area contributed by atoms with Gasteiger partial charge in [-0.25, -0.2) is 0 Å². The maximum absolute atomic E-state index is 11.7. The van der Waals surface area contributed by atoms with Gasteiger partial charge in [-0.05, 0) is 12.1 Å². The molecule has 3 nitrogen and oxygen atoms in total. The Morgan fingerprint density at radius 1 is 1.35 bits per heavy atom. The van der Waals surface area contributed by atoms with Crippen LogP contribution in [0.15, 0.2) is 18.2 Å². The van der Waals surface area contributed by atoms with Crippen molar-refractivity contribution in [2.24, 2.45) is 5.41 Å². The summed E-state index contributed by atoms with van der Waals surface area (Å²) in [6, 6.07) is 4.57. The van der Waals surface area contributed by atoms with E-state index in [1.807, 2.05) is 0 Å². The van der Waals surface area contributed by atoms with Crippen LogP contribution < -0.4 is 4.74 Å². The molecule has 0 heterocycles. The van der Waals surface area contributed by atoms with Crippen molar-refractivity contribution in [2.75, 3.05) is 0 Å². The summed E-state index contributed by atoms with van der Waals surface area (Å²) in [5.41, 5.74) is -0.690. The summed E-state index contributed by atoms with van der Waals surface area (Å²) in [5.74, 6) is -0.238. The van der Waals surface area contributed by atoms with Crippen LogP contribution in [0, 0.1) is 5.41 Å². The van der Waals surface area contributed by atoms with E-state index >= 15 is 0 Å². The fourth-order valence-corrected chi connectivity index (χ4v) is 1.44. The van der Waals surface area contributed by atoms with Crippen molar-refractivity contribution in [2.45, 2.75) is 27.1 Å². The Kier molecular flexibility index (Phi) is 4.42. The topological polar surface area (TPSA) is 46.5 Å². The number of Topliss-reactive ketones (excluding diaryl/α,β-unsaturated/α-hetero) is 1. The number of carbonyl (C=O) groups excluding carboxylic acids is 1. The number of benzene rings is 1. The first kappa shape index (κ1) is 14.3. The van der Waals surface area contributed by atoms with E-state index in [2.05, 4.69) is 0 Å². The highest BCUT2D eigenvalue weighted by atomic mass is 35.5. The number of rotatable bonds is 3. The largest absolute Gasteiger partial charge is 0.456 e. The zero-order valence-electron chi connectivity index (χ0n) is 9.83. The number of aliphatic hydroxyl groups excluding tert-OH is 1. The van der Waals surface area contributed by atoms with E-state index in [1.165, 1.54) is 12.1 Å². The lowest BCUT2D eigenvalue weighted by molar-refractivity contribution is -0.149. The molecule has 5 heteroatoms. The van der Waals surface area contributed by atoms with E-state index in [1.54, 1.807) is 26.8 Å². The molecule has 0 fully saturated rings. The Morgan fingerprint density at radius 3 is 2.47 bits per heavy atom. The molecule has 1 aromatic carbocycles. The number of carbonyl (C=O) groups is 1. The molecular weight excluding hydrogens is 263 g/mol. The summed E-state index contributed by atoms with van der Waals surface area (Å²) < 4.78 is 5.10. The summed E-state index contributed by atoms with van der Waals surface area (Å²) in [6.07, 6.45) is -1.55. The molecule has 0 amide bonds. The average Bonchev–Trinajstić information content (AvgIpc) is 2.21. The fourth-order valence-electron chi connectivity index (χ4n) is 1.11. The van der Waals surface area contributed by atoms with Crippen LogP contribution in [0.5, 0.6) is 5.75 Å². The first-order chi connectivity index (χ1) is 7.71. The van der Waals surface area contributed by atoms with Crippen LogP contribution >= 0.6 is 23.2 Å². The van der Waals surface area contributed by atoms with Crippen LogP contribution in [-0.4, -0.2) is 17.2 Å². The molecule has 0 spiro atoms. The predicted molar refractivity (Wildman–Crippen MR) is 67.6 cm³/mol. The van der Waals surface area contributed by atoms with Crippen molar-refractivity contribution >= 4 is 29.0 Å². The Bertz CT molecular complexity index is 424. The molecule has 1 atom stereocenters. The number of hydrogen-bond donors (Lipinski definition) is 1. The summed E-state index contributed by atoms with van der Waals surface area (Å²) in [4.78, 5) is 11.7. The highest BCUT2D eigenvalue weighted by molar-refractivity contribution is 6.34. The standard InChI is InChI=1S/C12H14Cl2O3/c1-12(2,3)10(15)11(16)17-9-6-7(13)4-5-8(9)14/h4-6,11,16H,1-3H3. The van der Waals surface area contributed by atoms with Crippen LogP contribution in [0.4, 0.5) is 0 Å². The molecule has 0 radical (unpaired) electrons. The zero-order chi connectivity index (χ0) is 13.2. The molecule has 0 aliphatic heterocycles. The lowest BCUT2D eigenvalue weighted by Crippen LogP contribution is -2.36. The molecule has 1 N–H and O–H groups in total. The molecule has 1 unspecified atom stereocenters. The molecule has 0 saturated heterocycles. The third kappa shape index (κ3) is 3.87. The van der Waals surface area contributed by atoms with Crippen molar-refractivity contribution < 1.29 is 14.6 Å². The van der Waals surface area contributed by atoms with Gasteiger partial charge in [0.05, 0.1) is 5.02 Å². The molecule has 0 aliphatic carbocycles. The van der Waals surface area contributed by atoms with Gasteiger partial charge < -0.3 is 9.84 Å². The summed E-state index contributed by atoms with van der Waals surface area (Å²) in [6.45, 7) is 5.09. The van der Waals surface area contributed by atoms with E-state index < -0.39 is 17.5 Å². The van der Waals surface area contributed by atoms with E-state index in [4.69, 9.17) is 27.9 Å². The van der Waals surface area contributed by atoms with Crippen LogP contribution in [-0.2, 0) is 4.79 Å². The maximum Gasteiger partial charge on any atom is 0.258 e. The van der Waals surface area contributed by atoms with E-state index in [9.17, 15) is 9.90 Å². The second-order valence-electron chi connectivity index (χ2n) is 4.66. The summed E-state index contributed by atoms with van der Waals surface area (Å²) in [5, 5.41) is 10.4. The molecule has 1 aromatic rings. The minimum atomic E-state index is -1.55. The van der Waals surface area contributed by atoms with Crippen molar-refractivity contribution in [3.05, 3.63) is 28.2 Å². The van der Waals surface area contributed by atoms with Crippen molar-refractivity contribution in [3.8, 4) is 5.75 Å². The molecule has 17 heavy (non-hydrogen) atoms. The van der Waals surface area contributed by atoms with Gasteiger partial charge in [0.2, 0.25) is 5.78 Å². The average molecular weight is 277 g/mol. The predicted octanol–water partition coefficient (Wildman–Crippen LogP) is 3.31. The minimum absolute atomic E-state index is 0.185.